The standard InChI is InChI=1S/C28H26F3N3O4/c1-18-5-2-3-6-19(18)15-32-27(37)20-13-26(36)34(16-20)23-9-11-24(12-10-23)38-17-25(35)33-22-8-4-7-21(14-22)28(29,30)31/h2-12,14,20H,13,15-17H2,1H3,(H,32,37)(H,33,35)/t20-/m1/s1. The van der Waals surface area contributed by atoms with Crippen LogP contribution < -0.4 is 20.3 Å². The summed E-state index contributed by atoms with van der Waals surface area (Å²) in [6.45, 7) is 2.20. The van der Waals surface area contributed by atoms with Gasteiger partial charge >= 0.3 is 6.18 Å². The molecule has 3 aromatic rings. The molecule has 0 bridgehead atoms. The molecule has 3 aromatic carbocycles. The Kier molecular flexibility index (Phi) is 7.99. The van der Waals surface area contributed by atoms with Gasteiger partial charge in [-0.1, -0.05) is 30.3 Å². The van der Waals surface area contributed by atoms with Crippen LogP contribution in [0.5, 0.6) is 5.75 Å². The number of hydrogen-bond donors (Lipinski definition) is 2. The number of halogens is 3. The first-order valence-electron chi connectivity index (χ1n) is 11.9. The molecule has 1 atom stereocenters. The number of carbonyl (C=O) groups is 3. The zero-order valence-corrected chi connectivity index (χ0v) is 20.5. The number of alkyl halides is 3. The fraction of sp³-hybridized carbons (Fsp3) is 0.250. The number of benzene rings is 3. The van der Waals surface area contributed by atoms with Crippen molar-refractivity contribution >= 4 is 29.1 Å². The highest BCUT2D eigenvalue weighted by molar-refractivity contribution is 6.00. The summed E-state index contributed by atoms with van der Waals surface area (Å²) in [5.41, 5.74) is 1.82. The Labute approximate surface area is 217 Å². The van der Waals surface area contributed by atoms with Gasteiger partial charge in [-0.05, 0) is 60.5 Å². The van der Waals surface area contributed by atoms with Crippen LogP contribution in [0.4, 0.5) is 24.5 Å². The van der Waals surface area contributed by atoms with E-state index in [2.05, 4.69) is 10.6 Å². The van der Waals surface area contributed by atoms with Gasteiger partial charge in [0.1, 0.15) is 5.75 Å². The van der Waals surface area contributed by atoms with Crippen LogP contribution in [0.15, 0.2) is 72.8 Å². The molecule has 1 aliphatic heterocycles. The zero-order chi connectivity index (χ0) is 27.3. The molecular weight excluding hydrogens is 499 g/mol. The number of anilines is 2. The van der Waals surface area contributed by atoms with Gasteiger partial charge in [0, 0.05) is 30.9 Å². The maximum atomic E-state index is 12.8. The number of rotatable bonds is 8. The van der Waals surface area contributed by atoms with Crippen molar-refractivity contribution < 1.29 is 32.3 Å². The van der Waals surface area contributed by atoms with Crippen molar-refractivity contribution in [1.29, 1.82) is 0 Å². The lowest BCUT2D eigenvalue weighted by Gasteiger charge is -2.17. The fourth-order valence-corrected chi connectivity index (χ4v) is 4.11. The molecule has 10 heteroatoms. The molecule has 0 aromatic heterocycles. The second-order valence-electron chi connectivity index (χ2n) is 8.96. The van der Waals surface area contributed by atoms with E-state index in [0.717, 1.165) is 23.3 Å². The van der Waals surface area contributed by atoms with Crippen molar-refractivity contribution in [1.82, 2.24) is 5.32 Å². The highest BCUT2D eigenvalue weighted by atomic mass is 19.4. The Bertz CT molecular complexity index is 1330. The van der Waals surface area contributed by atoms with Crippen LogP contribution in [0.25, 0.3) is 0 Å². The molecule has 1 aliphatic rings. The lowest BCUT2D eigenvalue weighted by atomic mass is 10.1. The lowest BCUT2D eigenvalue weighted by Crippen LogP contribution is -2.32. The Morgan fingerprint density at radius 1 is 1.03 bits per heavy atom. The number of nitrogens with zero attached hydrogens (tertiary/aromatic N) is 1. The summed E-state index contributed by atoms with van der Waals surface area (Å²) in [6, 6.07) is 18.5. The average Bonchev–Trinajstić information content (AvgIpc) is 3.28. The molecule has 0 unspecified atom stereocenters. The van der Waals surface area contributed by atoms with E-state index in [4.69, 9.17) is 4.74 Å². The van der Waals surface area contributed by atoms with Crippen LogP contribution in [0.3, 0.4) is 0 Å². The van der Waals surface area contributed by atoms with Crippen molar-refractivity contribution in [3.8, 4) is 5.75 Å². The first-order valence-corrected chi connectivity index (χ1v) is 11.9. The van der Waals surface area contributed by atoms with Crippen molar-refractivity contribution in [2.75, 3.05) is 23.4 Å². The SMILES string of the molecule is Cc1ccccc1CNC(=O)[C@@H]1CC(=O)N(c2ccc(OCC(=O)Nc3cccc(C(F)(F)F)c3)cc2)C1. The average molecular weight is 526 g/mol. The highest BCUT2D eigenvalue weighted by Crippen LogP contribution is 2.31. The van der Waals surface area contributed by atoms with Gasteiger partial charge in [-0.3, -0.25) is 14.4 Å². The summed E-state index contributed by atoms with van der Waals surface area (Å²) in [5.74, 6) is -1.11. The first-order chi connectivity index (χ1) is 18.1. The van der Waals surface area contributed by atoms with Gasteiger partial charge in [-0.2, -0.15) is 13.2 Å². The van der Waals surface area contributed by atoms with Gasteiger partial charge in [-0.15, -0.1) is 0 Å². The van der Waals surface area contributed by atoms with Crippen LogP contribution in [0.1, 0.15) is 23.1 Å². The normalized spacial score (nSPS) is 15.3. The quantitative estimate of drug-likeness (QED) is 0.446. The molecule has 0 saturated carbocycles. The number of hydrogen-bond acceptors (Lipinski definition) is 4. The van der Waals surface area contributed by atoms with E-state index in [0.29, 0.717) is 18.0 Å². The molecule has 0 spiro atoms. The summed E-state index contributed by atoms with van der Waals surface area (Å²) in [5, 5.41) is 5.28. The molecule has 0 radical (unpaired) electrons. The first kappa shape index (κ1) is 26.7. The molecular formula is C28H26F3N3O4. The predicted octanol–water partition coefficient (Wildman–Crippen LogP) is 4.70. The van der Waals surface area contributed by atoms with Crippen molar-refractivity contribution in [3.05, 3.63) is 89.5 Å². The van der Waals surface area contributed by atoms with Crippen molar-refractivity contribution in [2.24, 2.45) is 5.92 Å². The van der Waals surface area contributed by atoms with Crippen LogP contribution in [0.2, 0.25) is 0 Å². The molecule has 1 heterocycles. The third-order valence-corrected chi connectivity index (χ3v) is 6.20. The fourth-order valence-electron chi connectivity index (χ4n) is 4.11. The topological polar surface area (TPSA) is 87.7 Å². The minimum absolute atomic E-state index is 0.00816. The second-order valence-corrected chi connectivity index (χ2v) is 8.96. The summed E-state index contributed by atoms with van der Waals surface area (Å²) < 4.78 is 43.9. The summed E-state index contributed by atoms with van der Waals surface area (Å²) in [4.78, 5) is 38.9. The lowest BCUT2D eigenvalue weighted by molar-refractivity contribution is -0.137. The Morgan fingerprint density at radius 2 is 1.76 bits per heavy atom. The van der Waals surface area contributed by atoms with Crippen molar-refractivity contribution in [2.45, 2.75) is 26.1 Å². The van der Waals surface area contributed by atoms with E-state index >= 15 is 0 Å². The Balaban J connectivity index is 1.27. The number of amides is 3. The monoisotopic (exact) mass is 525 g/mol. The van der Waals surface area contributed by atoms with E-state index in [1.165, 1.54) is 17.0 Å². The van der Waals surface area contributed by atoms with E-state index in [1.54, 1.807) is 24.3 Å². The van der Waals surface area contributed by atoms with Crippen LogP contribution in [-0.4, -0.2) is 30.9 Å². The van der Waals surface area contributed by atoms with Gasteiger partial charge in [-0.25, -0.2) is 0 Å². The molecule has 7 nitrogen and oxygen atoms in total. The number of carbonyl (C=O) groups excluding carboxylic acids is 3. The minimum Gasteiger partial charge on any atom is -0.484 e. The highest BCUT2D eigenvalue weighted by Gasteiger charge is 2.35. The summed E-state index contributed by atoms with van der Waals surface area (Å²) >= 11 is 0. The zero-order valence-electron chi connectivity index (χ0n) is 20.5. The Hall–Kier alpha value is -4.34. The number of nitrogens with one attached hydrogen (secondary N) is 2. The van der Waals surface area contributed by atoms with Crippen LogP contribution in [-0.2, 0) is 27.1 Å². The van der Waals surface area contributed by atoms with Crippen LogP contribution >= 0.6 is 0 Å². The largest absolute Gasteiger partial charge is 0.484 e. The van der Waals surface area contributed by atoms with Gasteiger partial charge in [0.15, 0.2) is 6.61 Å². The summed E-state index contributed by atoms with van der Waals surface area (Å²) in [7, 11) is 0. The Morgan fingerprint density at radius 3 is 2.47 bits per heavy atom. The van der Waals surface area contributed by atoms with Gasteiger partial charge in [0.2, 0.25) is 11.8 Å². The van der Waals surface area contributed by atoms with E-state index in [9.17, 15) is 27.6 Å². The van der Waals surface area contributed by atoms with Crippen LogP contribution in [0, 0.1) is 12.8 Å². The number of aryl methyl sites for hydroxylation is 1. The number of ether oxygens (including phenoxy) is 1. The molecule has 2 N–H and O–H groups in total. The molecule has 3 amide bonds. The molecule has 4 rings (SSSR count). The van der Waals surface area contributed by atoms with Gasteiger partial charge in [0.05, 0.1) is 11.5 Å². The maximum Gasteiger partial charge on any atom is 0.416 e. The summed E-state index contributed by atoms with van der Waals surface area (Å²) in [6.07, 6.45) is -4.41. The van der Waals surface area contributed by atoms with Crippen molar-refractivity contribution in [3.63, 3.8) is 0 Å². The second kappa shape index (κ2) is 11.4. The third kappa shape index (κ3) is 6.70. The van der Waals surface area contributed by atoms with Gasteiger partial charge < -0.3 is 20.3 Å². The molecule has 1 fully saturated rings. The third-order valence-electron chi connectivity index (χ3n) is 6.20. The van der Waals surface area contributed by atoms with E-state index in [-0.39, 0.29) is 30.5 Å². The maximum absolute atomic E-state index is 12.8. The van der Waals surface area contributed by atoms with E-state index in [1.807, 2.05) is 31.2 Å². The molecule has 38 heavy (non-hydrogen) atoms. The predicted molar refractivity (Wildman–Crippen MR) is 135 cm³/mol. The molecule has 1 saturated heterocycles. The van der Waals surface area contributed by atoms with E-state index < -0.39 is 30.2 Å². The smallest absolute Gasteiger partial charge is 0.416 e. The van der Waals surface area contributed by atoms with Gasteiger partial charge in [0.25, 0.3) is 5.91 Å². The molecule has 198 valence electrons. The molecule has 0 aliphatic carbocycles. The minimum atomic E-state index is -4.51.